The number of benzene rings is 3. The van der Waals surface area contributed by atoms with Gasteiger partial charge in [0.05, 0.1) is 17.5 Å². The van der Waals surface area contributed by atoms with Crippen molar-refractivity contribution in [2.75, 3.05) is 11.9 Å². The van der Waals surface area contributed by atoms with Crippen LogP contribution in [0.4, 0.5) is 18.9 Å². The van der Waals surface area contributed by atoms with Gasteiger partial charge in [0.25, 0.3) is 11.5 Å². The average molecular weight is 481 g/mol. The number of aromatic nitrogens is 2. The standard InChI is InChI=1S/C25H18F3N3O4/c26-25(27,28)17-9-6-10-18(13-17)29-21(32)15-35-24(34)22-19-11-4-5-12-20(19)23(33)31(30-22)14-16-7-2-1-3-8-16/h1-13H,14-15H2,(H,29,32). The maximum Gasteiger partial charge on any atom is 0.416 e. The van der Waals surface area contributed by atoms with E-state index in [9.17, 15) is 27.6 Å². The zero-order valence-electron chi connectivity index (χ0n) is 18.1. The second kappa shape index (κ2) is 9.80. The molecule has 0 atom stereocenters. The molecule has 0 saturated carbocycles. The van der Waals surface area contributed by atoms with Crippen molar-refractivity contribution in [2.24, 2.45) is 0 Å². The fourth-order valence-electron chi connectivity index (χ4n) is 3.42. The smallest absolute Gasteiger partial charge is 0.416 e. The Morgan fingerprint density at radius 3 is 2.31 bits per heavy atom. The van der Waals surface area contributed by atoms with E-state index < -0.39 is 35.8 Å². The van der Waals surface area contributed by atoms with Crippen LogP contribution in [0, 0.1) is 0 Å². The predicted octanol–water partition coefficient (Wildman–Crippen LogP) is 4.26. The van der Waals surface area contributed by atoms with Crippen LogP contribution in [-0.2, 0) is 22.3 Å². The number of fused-ring (bicyclic) bond motifs is 1. The highest BCUT2D eigenvalue weighted by Crippen LogP contribution is 2.30. The van der Waals surface area contributed by atoms with E-state index in [1.54, 1.807) is 42.5 Å². The van der Waals surface area contributed by atoms with Crippen LogP contribution in [-0.4, -0.2) is 28.3 Å². The Hall–Kier alpha value is -4.47. The van der Waals surface area contributed by atoms with Crippen LogP contribution in [0.1, 0.15) is 21.6 Å². The molecule has 7 nitrogen and oxygen atoms in total. The van der Waals surface area contributed by atoms with E-state index in [4.69, 9.17) is 4.74 Å². The summed E-state index contributed by atoms with van der Waals surface area (Å²) in [6.45, 7) is -0.649. The molecule has 0 saturated heterocycles. The van der Waals surface area contributed by atoms with Gasteiger partial charge in [-0.25, -0.2) is 9.48 Å². The van der Waals surface area contributed by atoms with Gasteiger partial charge in [-0.3, -0.25) is 9.59 Å². The van der Waals surface area contributed by atoms with Crippen LogP contribution in [0.5, 0.6) is 0 Å². The first-order chi connectivity index (χ1) is 16.7. The molecule has 0 unspecified atom stereocenters. The lowest BCUT2D eigenvalue weighted by atomic mass is 10.1. The molecule has 1 aromatic heterocycles. The molecule has 178 valence electrons. The molecular weight excluding hydrogens is 463 g/mol. The third-order valence-corrected chi connectivity index (χ3v) is 5.04. The summed E-state index contributed by atoms with van der Waals surface area (Å²) >= 11 is 0. The molecule has 3 aromatic carbocycles. The maximum atomic E-state index is 12.9. The van der Waals surface area contributed by atoms with Gasteiger partial charge in [-0.05, 0) is 29.8 Å². The van der Waals surface area contributed by atoms with Crippen molar-refractivity contribution in [3.8, 4) is 0 Å². The minimum Gasteiger partial charge on any atom is -0.451 e. The quantitative estimate of drug-likeness (QED) is 0.416. The average Bonchev–Trinajstić information content (AvgIpc) is 2.84. The molecule has 35 heavy (non-hydrogen) atoms. The van der Waals surface area contributed by atoms with Gasteiger partial charge in [-0.1, -0.05) is 54.6 Å². The highest BCUT2D eigenvalue weighted by atomic mass is 19.4. The molecule has 0 radical (unpaired) electrons. The second-order valence-electron chi connectivity index (χ2n) is 7.55. The SMILES string of the molecule is O=C(COC(=O)c1nn(Cc2ccccc2)c(=O)c2ccccc12)Nc1cccc(C(F)(F)F)c1. The lowest BCUT2D eigenvalue weighted by Crippen LogP contribution is -2.28. The fraction of sp³-hybridized carbons (Fsp3) is 0.120. The molecule has 4 aromatic rings. The summed E-state index contributed by atoms with van der Waals surface area (Å²) in [4.78, 5) is 37.9. The second-order valence-corrected chi connectivity index (χ2v) is 7.55. The molecule has 0 aliphatic carbocycles. The van der Waals surface area contributed by atoms with E-state index in [-0.39, 0.29) is 28.7 Å². The molecule has 0 aliphatic rings. The Kier molecular flexibility index (Phi) is 6.63. The van der Waals surface area contributed by atoms with Crippen molar-refractivity contribution in [1.29, 1.82) is 0 Å². The van der Waals surface area contributed by atoms with Crippen molar-refractivity contribution in [3.63, 3.8) is 0 Å². The molecule has 0 bridgehead atoms. The molecule has 0 aliphatic heterocycles. The number of carbonyl (C=O) groups is 2. The molecule has 0 spiro atoms. The number of carbonyl (C=O) groups excluding carboxylic acids is 2. The summed E-state index contributed by atoms with van der Waals surface area (Å²) < 4.78 is 44.8. The topological polar surface area (TPSA) is 90.3 Å². The van der Waals surface area contributed by atoms with Crippen molar-refractivity contribution in [2.45, 2.75) is 12.7 Å². The summed E-state index contributed by atoms with van der Waals surface area (Å²) in [6, 6.07) is 19.5. The van der Waals surface area contributed by atoms with E-state index in [0.29, 0.717) is 0 Å². The first-order valence-corrected chi connectivity index (χ1v) is 10.4. The summed E-state index contributed by atoms with van der Waals surface area (Å²) in [7, 11) is 0. The first-order valence-electron chi connectivity index (χ1n) is 10.4. The molecule has 1 N–H and O–H groups in total. The molecular formula is C25H18F3N3O4. The van der Waals surface area contributed by atoms with Gasteiger partial charge in [0.2, 0.25) is 0 Å². The Morgan fingerprint density at radius 1 is 0.914 bits per heavy atom. The zero-order chi connectivity index (χ0) is 25.0. The van der Waals surface area contributed by atoms with Crippen molar-refractivity contribution in [1.82, 2.24) is 9.78 Å². The Bertz CT molecular complexity index is 1450. The number of nitrogens with one attached hydrogen (secondary N) is 1. The molecule has 10 heteroatoms. The van der Waals surface area contributed by atoms with E-state index in [1.807, 2.05) is 6.07 Å². The van der Waals surface area contributed by atoms with Gasteiger partial charge in [-0.15, -0.1) is 0 Å². The molecule has 0 fully saturated rings. The Morgan fingerprint density at radius 2 is 1.60 bits per heavy atom. The summed E-state index contributed by atoms with van der Waals surface area (Å²) in [5.74, 6) is -1.79. The van der Waals surface area contributed by atoms with E-state index in [1.165, 1.54) is 12.1 Å². The van der Waals surface area contributed by atoms with Crippen molar-refractivity contribution < 1.29 is 27.5 Å². The highest BCUT2D eigenvalue weighted by molar-refractivity contribution is 6.03. The minimum atomic E-state index is -4.57. The third kappa shape index (κ3) is 5.55. The van der Waals surface area contributed by atoms with E-state index in [2.05, 4.69) is 10.4 Å². The zero-order valence-corrected chi connectivity index (χ0v) is 18.1. The number of alkyl halides is 3. The monoisotopic (exact) mass is 481 g/mol. The van der Waals surface area contributed by atoms with Crippen LogP contribution in [0.15, 0.2) is 83.7 Å². The van der Waals surface area contributed by atoms with Gasteiger partial charge < -0.3 is 10.1 Å². The Labute approximate surface area is 196 Å². The summed E-state index contributed by atoms with van der Waals surface area (Å²) in [6.07, 6.45) is -4.57. The number of rotatable bonds is 6. The number of hydrogen-bond donors (Lipinski definition) is 1. The third-order valence-electron chi connectivity index (χ3n) is 5.04. The van der Waals surface area contributed by atoms with Crippen molar-refractivity contribution >= 4 is 28.3 Å². The number of ether oxygens (including phenoxy) is 1. The lowest BCUT2D eigenvalue weighted by molar-refractivity contribution is -0.137. The summed E-state index contributed by atoms with van der Waals surface area (Å²) in [5, 5.41) is 6.93. The van der Waals surface area contributed by atoms with Gasteiger partial charge >= 0.3 is 12.1 Å². The van der Waals surface area contributed by atoms with E-state index in [0.717, 1.165) is 28.4 Å². The Balaban J connectivity index is 1.53. The minimum absolute atomic E-state index is 0.0964. The number of halogens is 3. The van der Waals surface area contributed by atoms with Crippen LogP contribution >= 0.6 is 0 Å². The summed E-state index contributed by atoms with van der Waals surface area (Å²) in [5.41, 5.74) is -0.798. The molecule has 1 amide bonds. The highest BCUT2D eigenvalue weighted by Gasteiger charge is 2.30. The van der Waals surface area contributed by atoms with E-state index >= 15 is 0 Å². The largest absolute Gasteiger partial charge is 0.451 e. The van der Waals surface area contributed by atoms with Crippen LogP contribution < -0.4 is 10.9 Å². The first kappa shape index (κ1) is 23.7. The van der Waals surface area contributed by atoms with Gasteiger partial charge in [-0.2, -0.15) is 18.3 Å². The normalized spacial score (nSPS) is 11.3. The predicted molar refractivity (Wildman–Crippen MR) is 122 cm³/mol. The van der Waals surface area contributed by atoms with Crippen LogP contribution in [0.25, 0.3) is 10.8 Å². The van der Waals surface area contributed by atoms with Crippen LogP contribution in [0.3, 0.4) is 0 Å². The fourth-order valence-corrected chi connectivity index (χ4v) is 3.42. The van der Waals surface area contributed by atoms with Gasteiger partial charge in [0.1, 0.15) is 0 Å². The number of anilines is 1. The number of hydrogen-bond acceptors (Lipinski definition) is 5. The number of esters is 1. The van der Waals surface area contributed by atoms with Gasteiger partial charge in [0.15, 0.2) is 12.3 Å². The van der Waals surface area contributed by atoms with Crippen LogP contribution in [0.2, 0.25) is 0 Å². The maximum absolute atomic E-state index is 12.9. The lowest BCUT2D eigenvalue weighted by Gasteiger charge is -2.12. The van der Waals surface area contributed by atoms with Crippen molar-refractivity contribution in [3.05, 3.63) is 106 Å². The number of amides is 1. The molecule has 4 rings (SSSR count). The van der Waals surface area contributed by atoms with Gasteiger partial charge in [0, 0.05) is 11.1 Å². The number of nitrogens with zero attached hydrogens (tertiary/aromatic N) is 2. The molecule has 1 heterocycles.